The number of anilines is 1. The molecular formula is C22H26N4OS. The Morgan fingerprint density at radius 1 is 1.00 bits per heavy atom. The molecule has 1 amide bonds. The van der Waals surface area contributed by atoms with E-state index in [1.165, 1.54) is 22.9 Å². The lowest BCUT2D eigenvalue weighted by molar-refractivity contribution is -0.113. The van der Waals surface area contributed by atoms with E-state index < -0.39 is 0 Å². The summed E-state index contributed by atoms with van der Waals surface area (Å²) in [6.45, 7) is 11.0. The van der Waals surface area contributed by atoms with Gasteiger partial charge in [0.25, 0.3) is 0 Å². The lowest BCUT2D eigenvalue weighted by atomic mass is 10.1. The van der Waals surface area contributed by atoms with Crippen molar-refractivity contribution in [3.8, 4) is 11.4 Å². The van der Waals surface area contributed by atoms with Crippen LogP contribution < -0.4 is 5.32 Å². The molecule has 3 rings (SSSR count). The maximum atomic E-state index is 12.5. The average molecular weight is 395 g/mol. The van der Waals surface area contributed by atoms with E-state index in [0.29, 0.717) is 5.75 Å². The number of nitrogens with one attached hydrogen (secondary N) is 1. The van der Waals surface area contributed by atoms with Crippen molar-refractivity contribution < 1.29 is 4.79 Å². The van der Waals surface area contributed by atoms with Crippen molar-refractivity contribution >= 4 is 23.4 Å². The molecule has 0 saturated heterocycles. The van der Waals surface area contributed by atoms with Gasteiger partial charge in [-0.3, -0.25) is 4.79 Å². The molecule has 146 valence electrons. The second kappa shape index (κ2) is 8.61. The van der Waals surface area contributed by atoms with Gasteiger partial charge in [-0.15, -0.1) is 10.2 Å². The maximum Gasteiger partial charge on any atom is 0.234 e. The first-order valence-electron chi connectivity index (χ1n) is 9.39. The second-order valence-electron chi connectivity index (χ2n) is 7.03. The molecule has 0 radical (unpaired) electrons. The topological polar surface area (TPSA) is 59.8 Å². The van der Waals surface area contributed by atoms with Gasteiger partial charge < -0.3 is 9.88 Å². The van der Waals surface area contributed by atoms with Crippen LogP contribution in [0.4, 0.5) is 5.69 Å². The zero-order chi connectivity index (χ0) is 20.3. The highest BCUT2D eigenvalue weighted by Crippen LogP contribution is 2.25. The van der Waals surface area contributed by atoms with Crippen molar-refractivity contribution in [2.24, 2.45) is 0 Å². The first kappa shape index (κ1) is 20.1. The van der Waals surface area contributed by atoms with Crippen molar-refractivity contribution in [2.75, 3.05) is 11.1 Å². The molecule has 0 atom stereocenters. The van der Waals surface area contributed by atoms with Gasteiger partial charge in [0.15, 0.2) is 11.0 Å². The summed E-state index contributed by atoms with van der Waals surface area (Å²) >= 11 is 1.41. The normalized spacial score (nSPS) is 10.9. The zero-order valence-corrected chi connectivity index (χ0v) is 17.9. The number of nitrogens with zero attached hydrogens (tertiary/aromatic N) is 3. The molecule has 0 saturated carbocycles. The molecule has 0 fully saturated rings. The molecule has 1 heterocycles. The molecule has 0 aliphatic rings. The van der Waals surface area contributed by atoms with E-state index in [4.69, 9.17) is 0 Å². The van der Waals surface area contributed by atoms with E-state index in [1.54, 1.807) is 0 Å². The van der Waals surface area contributed by atoms with Crippen LogP contribution in [0.5, 0.6) is 0 Å². The fourth-order valence-corrected chi connectivity index (χ4v) is 4.08. The van der Waals surface area contributed by atoms with E-state index >= 15 is 0 Å². The number of hydrogen-bond donors (Lipinski definition) is 1. The summed E-state index contributed by atoms with van der Waals surface area (Å²) in [5.74, 6) is 1.08. The maximum absolute atomic E-state index is 12.5. The summed E-state index contributed by atoms with van der Waals surface area (Å²) in [5.41, 5.74) is 6.49. The highest BCUT2D eigenvalue weighted by Gasteiger charge is 2.15. The van der Waals surface area contributed by atoms with Gasteiger partial charge in [0.1, 0.15) is 0 Å². The van der Waals surface area contributed by atoms with Gasteiger partial charge in [0.05, 0.1) is 5.75 Å². The summed E-state index contributed by atoms with van der Waals surface area (Å²) in [5, 5.41) is 12.5. The smallest absolute Gasteiger partial charge is 0.234 e. The van der Waals surface area contributed by atoms with Crippen LogP contribution in [-0.4, -0.2) is 26.4 Å². The predicted octanol–water partition coefficient (Wildman–Crippen LogP) is 4.93. The molecule has 6 heteroatoms. The van der Waals surface area contributed by atoms with E-state index in [9.17, 15) is 4.79 Å². The SMILES string of the molecule is CCn1c(SCC(=O)Nc2c(C)cc(C)cc2C)nnc1-c1ccc(C)cc1. The van der Waals surface area contributed by atoms with Gasteiger partial charge in [0, 0.05) is 17.8 Å². The third-order valence-corrected chi connectivity index (χ3v) is 5.58. The second-order valence-corrected chi connectivity index (χ2v) is 7.97. The number of aromatic nitrogens is 3. The number of amides is 1. The number of benzene rings is 2. The Hall–Kier alpha value is -2.60. The Balaban J connectivity index is 1.71. The number of rotatable bonds is 6. The summed E-state index contributed by atoms with van der Waals surface area (Å²) in [4.78, 5) is 12.5. The van der Waals surface area contributed by atoms with Crippen LogP contribution in [0, 0.1) is 27.7 Å². The largest absolute Gasteiger partial charge is 0.325 e. The van der Waals surface area contributed by atoms with E-state index in [0.717, 1.165) is 39.9 Å². The molecule has 3 aromatic rings. The van der Waals surface area contributed by atoms with Gasteiger partial charge in [-0.05, 0) is 45.7 Å². The minimum Gasteiger partial charge on any atom is -0.325 e. The molecule has 0 aliphatic heterocycles. The Kier molecular flexibility index (Phi) is 6.19. The molecule has 28 heavy (non-hydrogen) atoms. The minimum atomic E-state index is -0.0393. The van der Waals surface area contributed by atoms with Crippen LogP contribution in [0.2, 0.25) is 0 Å². The standard InChI is InChI=1S/C22H26N4OS/c1-6-26-21(18-9-7-14(2)8-10-18)24-25-22(26)28-13-19(27)23-20-16(4)11-15(3)12-17(20)5/h7-12H,6,13H2,1-5H3,(H,23,27). The third-order valence-electron chi connectivity index (χ3n) is 4.62. The van der Waals surface area contributed by atoms with Crippen LogP contribution in [0.1, 0.15) is 29.2 Å². The first-order chi connectivity index (χ1) is 13.4. The number of aryl methyl sites for hydroxylation is 4. The Morgan fingerprint density at radius 2 is 1.64 bits per heavy atom. The molecule has 2 aromatic carbocycles. The van der Waals surface area contributed by atoms with E-state index in [1.807, 2.05) is 18.4 Å². The van der Waals surface area contributed by atoms with Crippen molar-refractivity contribution in [1.82, 2.24) is 14.8 Å². The predicted molar refractivity (Wildman–Crippen MR) is 116 cm³/mol. The monoisotopic (exact) mass is 394 g/mol. The molecule has 1 aromatic heterocycles. The highest BCUT2D eigenvalue weighted by molar-refractivity contribution is 7.99. The molecule has 1 N–H and O–H groups in total. The van der Waals surface area contributed by atoms with Gasteiger partial charge in [-0.2, -0.15) is 0 Å². The number of hydrogen-bond acceptors (Lipinski definition) is 4. The fraction of sp³-hybridized carbons (Fsp3) is 0.318. The summed E-state index contributed by atoms with van der Waals surface area (Å²) in [6, 6.07) is 12.4. The lowest BCUT2D eigenvalue weighted by Gasteiger charge is -2.13. The van der Waals surface area contributed by atoms with Crippen molar-refractivity contribution in [3.05, 3.63) is 58.7 Å². The number of thioether (sulfide) groups is 1. The average Bonchev–Trinajstić information content (AvgIpc) is 3.06. The summed E-state index contributed by atoms with van der Waals surface area (Å²) < 4.78 is 2.05. The van der Waals surface area contributed by atoms with Crippen molar-refractivity contribution in [1.29, 1.82) is 0 Å². The molecular weight excluding hydrogens is 368 g/mol. The van der Waals surface area contributed by atoms with Crippen LogP contribution in [0.25, 0.3) is 11.4 Å². The van der Waals surface area contributed by atoms with Crippen LogP contribution in [0.3, 0.4) is 0 Å². The fourth-order valence-electron chi connectivity index (χ4n) is 3.28. The van der Waals surface area contributed by atoms with Crippen LogP contribution >= 0.6 is 11.8 Å². The van der Waals surface area contributed by atoms with Crippen LogP contribution in [0.15, 0.2) is 41.6 Å². The van der Waals surface area contributed by atoms with Gasteiger partial charge >= 0.3 is 0 Å². The highest BCUT2D eigenvalue weighted by atomic mass is 32.2. The van der Waals surface area contributed by atoms with Gasteiger partial charge in [0.2, 0.25) is 5.91 Å². The molecule has 0 spiro atoms. The molecule has 0 aliphatic carbocycles. The molecule has 0 bridgehead atoms. The van der Waals surface area contributed by atoms with Crippen molar-refractivity contribution in [3.63, 3.8) is 0 Å². The van der Waals surface area contributed by atoms with Gasteiger partial charge in [-0.1, -0.05) is 59.3 Å². The zero-order valence-electron chi connectivity index (χ0n) is 17.0. The summed E-state index contributed by atoms with van der Waals surface area (Å²) in [7, 11) is 0. The first-order valence-corrected chi connectivity index (χ1v) is 10.4. The minimum absolute atomic E-state index is 0.0393. The van der Waals surface area contributed by atoms with E-state index in [2.05, 4.69) is 72.7 Å². The Morgan fingerprint density at radius 3 is 2.25 bits per heavy atom. The van der Waals surface area contributed by atoms with E-state index in [-0.39, 0.29) is 5.91 Å². The van der Waals surface area contributed by atoms with Crippen LogP contribution in [-0.2, 0) is 11.3 Å². The van der Waals surface area contributed by atoms with Crippen molar-refractivity contribution in [2.45, 2.75) is 46.3 Å². The quantitative estimate of drug-likeness (QED) is 0.602. The number of carbonyl (C=O) groups excluding carboxylic acids is 1. The Labute approximate surface area is 170 Å². The lowest BCUT2D eigenvalue weighted by Crippen LogP contribution is -2.16. The van der Waals surface area contributed by atoms with Gasteiger partial charge in [-0.25, -0.2) is 0 Å². The molecule has 5 nitrogen and oxygen atoms in total. The number of carbonyl (C=O) groups is 1. The Bertz CT molecular complexity index is 969. The third kappa shape index (κ3) is 4.44. The summed E-state index contributed by atoms with van der Waals surface area (Å²) in [6.07, 6.45) is 0. The molecule has 0 unspecified atom stereocenters.